The summed E-state index contributed by atoms with van der Waals surface area (Å²) in [5.41, 5.74) is 0.985. The van der Waals surface area contributed by atoms with Gasteiger partial charge in [0.15, 0.2) is 17.3 Å². The van der Waals surface area contributed by atoms with Crippen molar-refractivity contribution >= 4 is 17.4 Å². The Kier molecular flexibility index (Phi) is 6.32. The van der Waals surface area contributed by atoms with E-state index in [4.69, 9.17) is 9.47 Å². The minimum absolute atomic E-state index is 0.241. The van der Waals surface area contributed by atoms with Crippen molar-refractivity contribution in [2.24, 2.45) is 0 Å². The van der Waals surface area contributed by atoms with Gasteiger partial charge in [-0.1, -0.05) is 30.3 Å². The van der Waals surface area contributed by atoms with Gasteiger partial charge in [-0.2, -0.15) is 0 Å². The van der Waals surface area contributed by atoms with Crippen molar-refractivity contribution in [3.05, 3.63) is 72.4 Å². The summed E-state index contributed by atoms with van der Waals surface area (Å²) in [6.45, 7) is 0.859. The van der Waals surface area contributed by atoms with Crippen molar-refractivity contribution in [3.63, 3.8) is 0 Å². The van der Waals surface area contributed by atoms with Crippen LogP contribution in [0.1, 0.15) is 10.5 Å². The predicted molar refractivity (Wildman–Crippen MR) is 102 cm³/mol. The average molecular weight is 364 g/mol. The molecule has 0 radical (unpaired) electrons. The van der Waals surface area contributed by atoms with Gasteiger partial charge in [-0.3, -0.25) is 4.79 Å². The second-order valence-electron chi connectivity index (χ2n) is 5.59. The van der Waals surface area contributed by atoms with E-state index in [1.165, 1.54) is 0 Å². The average Bonchev–Trinajstić information content (AvgIpc) is 2.71. The number of amides is 1. The monoisotopic (exact) mass is 364 g/mol. The normalized spacial score (nSPS) is 10.3. The van der Waals surface area contributed by atoms with E-state index in [0.717, 1.165) is 11.4 Å². The summed E-state index contributed by atoms with van der Waals surface area (Å²) in [6, 6.07) is 20.3. The topological polar surface area (TPSA) is 85.4 Å². The van der Waals surface area contributed by atoms with Crippen LogP contribution in [0.25, 0.3) is 0 Å². The first-order valence-corrected chi connectivity index (χ1v) is 8.46. The number of methoxy groups -OCH3 is 1. The molecule has 2 aromatic carbocycles. The number of hydrogen-bond donors (Lipinski definition) is 2. The highest BCUT2D eigenvalue weighted by Crippen LogP contribution is 2.30. The highest BCUT2D eigenvalue weighted by atomic mass is 16.5. The Morgan fingerprint density at radius 2 is 1.74 bits per heavy atom. The third-order valence-electron chi connectivity index (χ3n) is 3.61. The second kappa shape index (κ2) is 9.30. The molecule has 3 aromatic rings. The van der Waals surface area contributed by atoms with E-state index in [2.05, 4.69) is 20.8 Å². The number of carbonyl (C=O) groups is 1. The first-order valence-electron chi connectivity index (χ1n) is 8.46. The molecule has 7 nitrogen and oxygen atoms in total. The molecule has 0 bridgehead atoms. The van der Waals surface area contributed by atoms with E-state index in [-0.39, 0.29) is 11.6 Å². The lowest BCUT2D eigenvalue weighted by Crippen LogP contribution is -2.27. The van der Waals surface area contributed by atoms with Gasteiger partial charge in [-0.05, 0) is 36.4 Å². The summed E-state index contributed by atoms with van der Waals surface area (Å²) in [7, 11) is 1.58. The van der Waals surface area contributed by atoms with Crippen molar-refractivity contribution in [2.75, 3.05) is 25.6 Å². The largest absolute Gasteiger partial charge is 0.455 e. The Bertz CT molecular complexity index is 870. The van der Waals surface area contributed by atoms with Crippen LogP contribution >= 0.6 is 0 Å². The number of para-hydroxylation sites is 3. The van der Waals surface area contributed by atoms with Crippen LogP contribution in [0.4, 0.5) is 11.5 Å². The quantitative estimate of drug-likeness (QED) is 0.596. The molecule has 0 aliphatic rings. The third kappa shape index (κ3) is 5.26. The molecule has 1 aromatic heterocycles. The summed E-state index contributed by atoms with van der Waals surface area (Å²) < 4.78 is 10.8. The molecule has 1 heterocycles. The fraction of sp³-hybridized carbons (Fsp3) is 0.150. The molecule has 1 amide bonds. The molecule has 0 saturated heterocycles. The predicted octanol–water partition coefficient (Wildman–Crippen LogP) is 3.39. The molecule has 3 rings (SSSR count). The molecular formula is C20H20N4O3. The number of nitrogens with zero attached hydrogens (tertiary/aromatic N) is 2. The van der Waals surface area contributed by atoms with Gasteiger partial charge in [-0.25, -0.2) is 0 Å². The van der Waals surface area contributed by atoms with Crippen LogP contribution in [-0.4, -0.2) is 36.4 Å². The zero-order valence-corrected chi connectivity index (χ0v) is 14.9. The number of aromatic nitrogens is 2. The number of carbonyl (C=O) groups excluding carboxylic acids is 1. The number of rotatable bonds is 8. The van der Waals surface area contributed by atoms with E-state index >= 15 is 0 Å². The number of ether oxygens (including phenoxy) is 2. The number of nitrogens with one attached hydrogen (secondary N) is 2. The van der Waals surface area contributed by atoms with Crippen LogP contribution in [0, 0.1) is 0 Å². The van der Waals surface area contributed by atoms with Crippen molar-refractivity contribution < 1.29 is 14.3 Å². The summed E-state index contributed by atoms with van der Waals surface area (Å²) in [5, 5.41) is 13.9. The fourth-order valence-electron chi connectivity index (χ4n) is 2.29. The van der Waals surface area contributed by atoms with Crippen molar-refractivity contribution in [1.29, 1.82) is 0 Å². The third-order valence-corrected chi connectivity index (χ3v) is 3.61. The van der Waals surface area contributed by atoms with Gasteiger partial charge in [0.2, 0.25) is 0 Å². The summed E-state index contributed by atoms with van der Waals surface area (Å²) in [5.74, 6) is 1.61. The lowest BCUT2D eigenvalue weighted by atomic mass is 10.2. The molecule has 0 spiro atoms. The Morgan fingerprint density at radius 3 is 2.48 bits per heavy atom. The maximum Gasteiger partial charge on any atom is 0.271 e. The van der Waals surface area contributed by atoms with E-state index < -0.39 is 0 Å². The molecule has 0 aliphatic heterocycles. The van der Waals surface area contributed by atoms with Gasteiger partial charge >= 0.3 is 0 Å². The molecule has 0 aliphatic carbocycles. The van der Waals surface area contributed by atoms with Crippen LogP contribution in [0.5, 0.6) is 11.5 Å². The number of hydrogen-bond acceptors (Lipinski definition) is 6. The Balaban J connectivity index is 1.68. The zero-order valence-electron chi connectivity index (χ0n) is 14.9. The van der Waals surface area contributed by atoms with Crippen molar-refractivity contribution in [3.8, 4) is 11.5 Å². The fourth-order valence-corrected chi connectivity index (χ4v) is 2.29. The highest BCUT2D eigenvalue weighted by molar-refractivity contribution is 5.92. The van der Waals surface area contributed by atoms with Gasteiger partial charge in [-0.15, -0.1) is 10.2 Å². The van der Waals surface area contributed by atoms with Gasteiger partial charge in [0.05, 0.1) is 12.3 Å². The van der Waals surface area contributed by atoms with Crippen LogP contribution < -0.4 is 15.4 Å². The second-order valence-corrected chi connectivity index (χ2v) is 5.59. The molecule has 7 heteroatoms. The van der Waals surface area contributed by atoms with E-state index in [0.29, 0.717) is 24.7 Å². The lowest BCUT2D eigenvalue weighted by molar-refractivity contribution is 0.0931. The van der Waals surface area contributed by atoms with Crippen LogP contribution in [-0.2, 0) is 4.74 Å². The highest BCUT2D eigenvalue weighted by Gasteiger charge is 2.09. The zero-order chi connectivity index (χ0) is 18.9. The molecule has 27 heavy (non-hydrogen) atoms. The summed E-state index contributed by atoms with van der Waals surface area (Å²) in [6.07, 6.45) is 0. The maximum atomic E-state index is 11.9. The van der Waals surface area contributed by atoms with Crippen molar-refractivity contribution in [1.82, 2.24) is 15.5 Å². The minimum atomic E-state index is -0.293. The SMILES string of the molecule is COCCNC(=O)c1ccc(Nc2ccccc2Oc2ccccc2)nn1. The molecule has 2 N–H and O–H groups in total. The number of benzene rings is 2. The molecule has 138 valence electrons. The Morgan fingerprint density at radius 1 is 0.963 bits per heavy atom. The van der Waals surface area contributed by atoms with Gasteiger partial charge in [0.1, 0.15) is 5.75 Å². The van der Waals surface area contributed by atoms with E-state index in [1.807, 2.05) is 54.6 Å². The molecule has 0 atom stereocenters. The first-order chi connectivity index (χ1) is 13.3. The molecular weight excluding hydrogens is 344 g/mol. The Labute approximate surface area is 157 Å². The molecule has 0 unspecified atom stereocenters. The summed E-state index contributed by atoms with van der Waals surface area (Å²) in [4.78, 5) is 11.9. The Hall–Kier alpha value is -3.45. The van der Waals surface area contributed by atoms with E-state index in [9.17, 15) is 4.79 Å². The van der Waals surface area contributed by atoms with Crippen LogP contribution in [0.15, 0.2) is 66.7 Å². The van der Waals surface area contributed by atoms with Crippen molar-refractivity contribution in [2.45, 2.75) is 0 Å². The van der Waals surface area contributed by atoms with Gasteiger partial charge in [0.25, 0.3) is 5.91 Å². The molecule has 0 saturated carbocycles. The first kappa shape index (κ1) is 18.3. The van der Waals surface area contributed by atoms with Gasteiger partial charge < -0.3 is 20.1 Å². The van der Waals surface area contributed by atoms with E-state index in [1.54, 1.807) is 19.2 Å². The lowest BCUT2D eigenvalue weighted by Gasteiger charge is -2.12. The molecule has 0 fully saturated rings. The van der Waals surface area contributed by atoms with Crippen LogP contribution in [0.2, 0.25) is 0 Å². The maximum absolute atomic E-state index is 11.9. The summed E-state index contributed by atoms with van der Waals surface area (Å²) >= 11 is 0. The number of anilines is 2. The smallest absolute Gasteiger partial charge is 0.271 e. The minimum Gasteiger partial charge on any atom is -0.455 e. The van der Waals surface area contributed by atoms with Gasteiger partial charge in [0, 0.05) is 13.7 Å². The standard InChI is InChI=1S/C20H20N4O3/c1-26-14-13-21-20(25)17-11-12-19(24-23-17)22-16-9-5-6-10-18(16)27-15-7-3-2-4-8-15/h2-12H,13-14H2,1H3,(H,21,25)(H,22,24). The van der Waals surface area contributed by atoms with Crippen LogP contribution in [0.3, 0.4) is 0 Å².